The van der Waals surface area contributed by atoms with Crippen molar-refractivity contribution in [1.82, 2.24) is 0 Å². The lowest BCUT2D eigenvalue weighted by Crippen LogP contribution is -2.40. The molecular weight excluding hydrogens is 412 g/mol. The summed E-state index contributed by atoms with van der Waals surface area (Å²) in [6.45, 7) is 6.53. The smallest absolute Gasteiger partial charge is 0.331 e. The van der Waals surface area contributed by atoms with E-state index in [1.54, 1.807) is 40.0 Å². The van der Waals surface area contributed by atoms with Crippen molar-refractivity contribution in [1.29, 1.82) is 0 Å². The van der Waals surface area contributed by atoms with E-state index < -0.39 is 23.6 Å². The van der Waals surface area contributed by atoms with Crippen molar-refractivity contribution in [2.24, 2.45) is 5.41 Å². The second-order valence-corrected chi connectivity index (χ2v) is 8.93. The molecule has 1 aliphatic carbocycles. The zero-order valence-electron chi connectivity index (χ0n) is 19.1. The first-order valence-electron chi connectivity index (χ1n) is 10.9. The maximum Gasteiger partial charge on any atom is 0.331 e. The van der Waals surface area contributed by atoms with E-state index in [9.17, 15) is 14.7 Å². The summed E-state index contributed by atoms with van der Waals surface area (Å²) in [6.07, 6.45) is 4.29. The van der Waals surface area contributed by atoms with Gasteiger partial charge >= 0.3 is 5.97 Å². The van der Waals surface area contributed by atoms with Crippen molar-refractivity contribution in [2.45, 2.75) is 58.3 Å². The number of allylic oxidation sites excluding steroid dienone is 1. The highest BCUT2D eigenvalue weighted by Crippen LogP contribution is 2.35. The SMILES string of the molecule is COc1cccc(C=CC(=O)OC2C=C(C)C(=O)CC(C)(C)C2O)c1OC1CCOCC1. The van der Waals surface area contributed by atoms with Gasteiger partial charge in [0, 0.05) is 36.3 Å². The van der Waals surface area contributed by atoms with Crippen molar-refractivity contribution in [3.8, 4) is 11.5 Å². The fraction of sp³-hybridized carbons (Fsp3) is 0.520. The molecule has 0 amide bonds. The summed E-state index contributed by atoms with van der Waals surface area (Å²) in [4.78, 5) is 24.8. The van der Waals surface area contributed by atoms with E-state index in [1.807, 2.05) is 12.1 Å². The zero-order chi connectivity index (χ0) is 23.3. The summed E-state index contributed by atoms with van der Waals surface area (Å²) in [5, 5.41) is 10.7. The van der Waals surface area contributed by atoms with Crippen LogP contribution < -0.4 is 9.47 Å². The van der Waals surface area contributed by atoms with Gasteiger partial charge in [-0.15, -0.1) is 0 Å². The van der Waals surface area contributed by atoms with Gasteiger partial charge in [0.2, 0.25) is 0 Å². The minimum absolute atomic E-state index is 0.00756. The Bertz CT molecular complexity index is 894. The molecule has 1 aliphatic heterocycles. The molecule has 2 aliphatic rings. The average molecular weight is 445 g/mol. The van der Waals surface area contributed by atoms with Gasteiger partial charge in [-0.3, -0.25) is 4.79 Å². The van der Waals surface area contributed by atoms with Crippen LogP contribution in [0.25, 0.3) is 6.08 Å². The standard InChI is InChI=1S/C25H32O7/c1-16-14-21(24(28)25(2,3)15-19(16)26)32-22(27)9-8-17-6-5-7-20(29-4)23(17)31-18-10-12-30-13-11-18/h5-9,14,18,21,24,28H,10-13,15H2,1-4H3. The van der Waals surface area contributed by atoms with Gasteiger partial charge in [0.25, 0.3) is 0 Å². The quantitative estimate of drug-likeness (QED) is 0.530. The van der Waals surface area contributed by atoms with Crippen molar-refractivity contribution >= 4 is 17.8 Å². The van der Waals surface area contributed by atoms with E-state index in [2.05, 4.69) is 0 Å². The van der Waals surface area contributed by atoms with Crippen LogP contribution in [-0.2, 0) is 19.1 Å². The molecule has 0 spiro atoms. The topological polar surface area (TPSA) is 91.3 Å². The Morgan fingerprint density at radius 2 is 1.97 bits per heavy atom. The van der Waals surface area contributed by atoms with Crippen LogP contribution >= 0.6 is 0 Å². The molecule has 1 heterocycles. The summed E-state index contributed by atoms with van der Waals surface area (Å²) < 4.78 is 22.5. The summed E-state index contributed by atoms with van der Waals surface area (Å²) >= 11 is 0. The number of methoxy groups -OCH3 is 1. The number of para-hydroxylation sites is 1. The monoisotopic (exact) mass is 444 g/mol. The number of Topliss-reactive ketones (excluding diaryl/α,β-unsaturated/α-hetero) is 1. The fourth-order valence-electron chi connectivity index (χ4n) is 3.87. The Morgan fingerprint density at radius 1 is 1.25 bits per heavy atom. The van der Waals surface area contributed by atoms with Gasteiger partial charge in [-0.25, -0.2) is 4.79 Å². The third-order valence-electron chi connectivity index (χ3n) is 5.92. The molecule has 32 heavy (non-hydrogen) atoms. The van der Waals surface area contributed by atoms with E-state index in [4.69, 9.17) is 18.9 Å². The lowest BCUT2D eigenvalue weighted by Gasteiger charge is -2.31. The predicted molar refractivity (Wildman–Crippen MR) is 120 cm³/mol. The lowest BCUT2D eigenvalue weighted by atomic mass is 9.80. The highest BCUT2D eigenvalue weighted by Gasteiger charge is 2.39. The van der Waals surface area contributed by atoms with Gasteiger partial charge in [0.15, 0.2) is 17.3 Å². The van der Waals surface area contributed by atoms with Gasteiger partial charge in [0.1, 0.15) is 18.3 Å². The highest BCUT2D eigenvalue weighted by molar-refractivity contribution is 5.96. The summed E-state index contributed by atoms with van der Waals surface area (Å²) in [5.41, 5.74) is 0.449. The summed E-state index contributed by atoms with van der Waals surface area (Å²) in [7, 11) is 1.57. The van der Waals surface area contributed by atoms with Gasteiger partial charge < -0.3 is 24.1 Å². The number of carbonyl (C=O) groups excluding carboxylic acids is 2. The molecule has 1 N–H and O–H groups in total. The molecule has 1 saturated heterocycles. The number of esters is 1. The Balaban J connectivity index is 1.76. The van der Waals surface area contributed by atoms with Crippen LogP contribution in [0.15, 0.2) is 35.9 Å². The molecule has 2 unspecified atom stereocenters. The minimum atomic E-state index is -0.995. The largest absolute Gasteiger partial charge is 0.493 e. The zero-order valence-corrected chi connectivity index (χ0v) is 19.1. The Hall–Kier alpha value is -2.64. The normalized spacial score (nSPS) is 24.0. The van der Waals surface area contributed by atoms with Gasteiger partial charge in [-0.05, 0) is 30.7 Å². The van der Waals surface area contributed by atoms with Crippen LogP contribution in [0.3, 0.4) is 0 Å². The van der Waals surface area contributed by atoms with Crippen LogP contribution in [0.2, 0.25) is 0 Å². The minimum Gasteiger partial charge on any atom is -0.493 e. The molecule has 1 aromatic rings. The van der Waals surface area contributed by atoms with E-state index in [-0.39, 0.29) is 18.3 Å². The molecule has 1 aromatic carbocycles. The second-order valence-electron chi connectivity index (χ2n) is 8.93. The molecule has 0 saturated carbocycles. The van der Waals surface area contributed by atoms with Crippen LogP contribution in [0.4, 0.5) is 0 Å². The van der Waals surface area contributed by atoms with Crippen LogP contribution in [0.1, 0.15) is 45.6 Å². The third kappa shape index (κ3) is 5.78. The molecule has 174 valence electrons. The number of benzene rings is 1. The molecular formula is C25H32O7. The average Bonchev–Trinajstić information content (AvgIpc) is 2.83. The predicted octanol–water partition coefficient (Wildman–Crippen LogP) is 3.48. The number of aliphatic hydroxyl groups is 1. The first-order valence-corrected chi connectivity index (χ1v) is 10.9. The first-order chi connectivity index (χ1) is 15.2. The fourth-order valence-corrected chi connectivity index (χ4v) is 3.87. The number of ketones is 1. The Morgan fingerprint density at radius 3 is 2.66 bits per heavy atom. The molecule has 7 heteroatoms. The number of carbonyl (C=O) groups is 2. The molecule has 0 aromatic heterocycles. The van der Waals surface area contributed by atoms with Gasteiger partial charge in [0.05, 0.1) is 20.3 Å². The van der Waals surface area contributed by atoms with Crippen LogP contribution in [0, 0.1) is 5.41 Å². The molecule has 0 bridgehead atoms. The summed E-state index contributed by atoms with van der Waals surface area (Å²) in [5.74, 6) is 0.449. The van der Waals surface area contributed by atoms with E-state index in [0.29, 0.717) is 35.8 Å². The summed E-state index contributed by atoms with van der Waals surface area (Å²) in [6, 6.07) is 5.45. The van der Waals surface area contributed by atoms with E-state index in [1.165, 1.54) is 12.2 Å². The Labute approximate surface area is 189 Å². The number of ether oxygens (including phenoxy) is 4. The van der Waals surface area contributed by atoms with E-state index >= 15 is 0 Å². The number of hydrogen-bond donors (Lipinski definition) is 1. The molecule has 2 atom stereocenters. The van der Waals surface area contributed by atoms with E-state index in [0.717, 1.165) is 12.8 Å². The Kier molecular flexibility index (Phi) is 7.74. The maximum atomic E-state index is 12.6. The molecule has 1 fully saturated rings. The van der Waals surface area contributed by atoms with Crippen molar-refractivity contribution in [3.63, 3.8) is 0 Å². The van der Waals surface area contributed by atoms with Crippen molar-refractivity contribution < 1.29 is 33.6 Å². The van der Waals surface area contributed by atoms with Gasteiger partial charge in [-0.1, -0.05) is 26.0 Å². The number of rotatable bonds is 6. The molecule has 7 nitrogen and oxygen atoms in total. The number of hydrogen-bond acceptors (Lipinski definition) is 7. The van der Waals surface area contributed by atoms with Gasteiger partial charge in [-0.2, -0.15) is 0 Å². The van der Waals surface area contributed by atoms with Crippen molar-refractivity contribution in [2.75, 3.05) is 20.3 Å². The highest BCUT2D eigenvalue weighted by atomic mass is 16.6. The maximum absolute atomic E-state index is 12.6. The van der Waals surface area contributed by atoms with Crippen molar-refractivity contribution in [3.05, 3.63) is 41.5 Å². The molecule has 3 rings (SSSR count). The number of aliphatic hydroxyl groups excluding tert-OH is 1. The molecule has 0 radical (unpaired) electrons. The van der Waals surface area contributed by atoms with Crippen LogP contribution in [0.5, 0.6) is 11.5 Å². The first kappa shape index (κ1) is 24.0. The third-order valence-corrected chi connectivity index (χ3v) is 5.92. The second kappa shape index (κ2) is 10.3. The lowest BCUT2D eigenvalue weighted by molar-refractivity contribution is -0.149. The van der Waals surface area contributed by atoms with Crippen LogP contribution in [-0.4, -0.2) is 55.5 Å².